The molecular weight excluding hydrogens is 372 g/mol. The van der Waals surface area contributed by atoms with Gasteiger partial charge in [0.15, 0.2) is 0 Å². The van der Waals surface area contributed by atoms with Crippen molar-refractivity contribution in [3.8, 4) is 16.9 Å². The Kier molecular flexibility index (Phi) is 6.11. The van der Waals surface area contributed by atoms with Crippen molar-refractivity contribution in [1.82, 2.24) is 0 Å². The third kappa shape index (κ3) is 3.92. The van der Waals surface area contributed by atoms with Crippen molar-refractivity contribution >= 4 is 16.9 Å². The molecule has 0 radical (unpaired) electrons. The van der Waals surface area contributed by atoms with Crippen LogP contribution in [-0.4, -0.2) is 19.7 Å². The minimum atomic E-state index is -0.593. The first-order chi connectivity index (χ1) is 13.9. The molecule has 0 atom stereocenters. The van der Waals surface area contributed by atoms with Gasteiger partial charge in [0.1, 0.15) is 22.9 Å². The van der Waals surface area contributed by atoms with Crippen LogP contribution >= 0.6 is 0 Å². The van der Waals surface area contributed by atoms with E-state index in [9.17, 15) is 9.59 Å². The maximum absolute atomic E-state index is 13.3. The van der Waals surface area contributed by atoms with Crippen molar-refractivity contribution in [3.05, 3.63) is 51.3 Å². The number of hydrogen-bond acceptors (Lipinski definition) is 6. The van der Waals surface area contributed by atoms with Gasteiger partial charge in [-0.3, -0.25) is 4.79 Å². The lowest BCUT2D eigenvalue weighted by Crippen LogP contribution is -2.09. The number of furan rings is 1. The van der Waals surface area contributed by atoms with Gasteiger partial charge in [0.05, 0.1) is 24.7 Å². The zero-order chi connectivity index (χ0) is 21.1. The summed E-state index contributed by atoms with van der Waals surface area (Å²) in [6.07, 6.45) is 2.74. The Balaban J connectivity index is 2.16. The van der Waals surface area contributed by atoms with Crippen LogP contribution in [0.5, 0.6) is 5.75 Å². The fraction of sp³-hybridized carbons (Fsp3) is 0.391. The van der Waals surface area contributed by atoms with Gasteiger partial charge < -0.3 is 18.3 Å². The van der Waals surface area contributed by atoms with E-state index in [0.29, 0.717) is 40.2 Å². The molecule has 0 saturated carbocycles. The summed E-state index contributed by atoms with van der Waals surface area (Å²) >= 11 is 0. The number of rotatable bonds is 7. The summed E-state index contributed by atoms with van der Waals surface area (Å²) in [4.78, 5) is 25.1. The first-order valence-corrected chi connectivity index (χ1v) is 9.83. The van der Waals surface area contributed by atoms with E-state index in [1.54, 1.807) is 19.9 Å². The van der Waals surface area contributed by atoms with Crippen molar-refractivity contribution in [1.29, 1.82) is 0 Å². The molecule has 0 amide bonds. The number of esters is 1. The van der Waals surface area contributed by atoms with Crippen LogP contribution in [0, 0.1) is 13.8 Å². The van der Waals surface area contributed by atoms with Gasteiger partial charge in [-0.25, -0.2) is 4.79 Å². The van der Waals surface area contributed by atoms with E-state index in [4.69, 9.17) is 18.3 Å². The van der Waals surface area contributed by atoms with E-state index in [1.807, 2.05) is 13.0 Å². The summed E-state index contributed by atoms with van der Waals surface area (Å²) in [7, 11) is 1.28. The maximum Gasteiger partial charge on any atom is 0.373 e. The van der Waals surface area contributed by atoms with Gasteiger partial charge in [-0.05, 0) is 44.4 Å². The quantitative estimate of drug-likeness (QED) is 0.402. The molecule has 0 aliphatic carbocycles. The summed E-state index contributed by atoms with van der Waals surface area (Å²) in [6, 6.07) is 5.15. The van der Waals surface area contributed by atoms with E-state index in [1.165, 1.54) is 13.2 Å². The zero-order valence-corrected chi connectivity index (χ0v) is 17.5. The lowest BCUT2D eigenvalue weighted by Gasteiger charge is -2.13. The second-order valence-electron chi connectivity index (χ2n) is 6.95. The molecule has 2 aromatic heterocycles. The molecule has 6 heteroatoms. The van der Waals surface area contributed by atoms with Crippen LogP contribution in [0.15, 0.2) is 31.8 Å². The molecule has 154 valence electrons. The van der Waals surface area contributed by atoms with Crippen LogP contribution < -0.4 is 10.2 Å². The number of fused-ring (bicyclic) bond motifs is 1. The summed E-state index contributed by atoms with van der Waals surface area (Å²) in [5.41, 5.74) is 2.18. The minimum absolute atomic E-state index is 0.0489. The summed E-state index contributed by atoms with van der Waals surface area (Å²) in [6.45, 7) is 8.19. The molecule has 3 aromatic rings. The van der Waals surface area contributed by atoms with Gasteiger partial charge in [-0.15, -0.1) is 0 Å². The maximum atomic E-state index is 13.3. The van der Waals surface area contributed by atoms with Crippen LogP contribution in [0.25, 0.3) is 22.1 Å². The highest BCUT2D eigenvalue weighted by molar-refractivity contribution is 5.90. The molecule has 0 spiro atoms. The fourth-order valence-electron chi connectivity index (χ4n) is 3.36. The van der Waals surface area contributed by atoms with Gasteiger partial charge in [-0.2, -0.15) is 0 Å². The van der Waals surface area contributed by atoms with Crippen LogP contribution in [0.4, 0.5) is 0 Å². The Labute approximate surface area is 169 Å². The summed E-state index contributed by atoms with van der Waals surface area (Å²) < 4.78 is 22.1. The largest absolute Gasteiger partial charge is 0.493 e. The van der Waals surface area contributed by atoms with E-state index in [2.05, 4.69) is 6.92 Å². The summed E-state index contributed by atoms with van der Waals surface area (Å²) in [5.74, 6) is 1.11. The molecule has 0 fully saturated rings. The monoisotopic (exact) mass is 398 g/mol. The molecule has 0 bridgehead atoms. The van der Waals surface area contributed by atoms with Gasteiger partial charge in [0.2, 0.25) is 11.2 Å². The minimum Gasteiger partial charge on any atom is -0.493 e. The van der Waals surface area contributed by atoms with Crippen molar-refractivity contribution in [2.45, 2.75) is 47.0 Å². The topological polar surface area (TPSA) is 78.9 Å². The SMILES string of the molecule is CCCCOc1cc2oc(C)c(-c3cc(C(=O)OC)oc3C)c(=O)c2cc1CC. The van der Waals surface area contributed by atoms with Crippen molar-refractivity contribution in [3.63, 3.8) is 0 Å². The smallest absolute Gasteiger partial charge is 0.373 e. The highest BCUT2D eigenvalue weighted by Crippen LogP contribution is 2.32. The van der Waals surface area contributed by atoms with E-state index in [-0.39, 0.29) is 11.2 Å². The fourth-order valence-corrected chi connectivity index (χ4v) is 3.36. The van der Waals surface area contributed by atoms with Crippen LogP contribution in [0.1, 0.15) is 54.3 Å². The molecule has 0 aliphatic heterocycles. The highest BCUT2D eigenvalue weighted by atomic mass is 16.5. The third-order valence-electron chi connectivity index (χ3n) is 4.96. The predicted molar refractivity (Wildman–Crippen MR) is 111 cm³/mol. The Hall–Kier alpha value is -3.02. The van der Waals surface area contributed by atoms with E-state index >= 15 is 0 Å². The summed E-state index contributed by atoms with van der Waals surface area (Å²) in [5, 5.41) is 0.477. The van der Waals surface area contributed by atoms with Gasteiger partial charge in [0, 0.05) is 11.6 Å². The molecule has 0 saturated heterocycles. The van der Waals surface area contributed by atoms with Gasteiger partial charge >= 0.3 is 5.97 Å². The van der Waals surface area contributed by atoms with Crippen molar-refractivity contribution in [2.24, 2.45) is 0 Å². The molecule has 0 unspecified atom stereocenters. The van der Waals surface area contributed by atoms with E-state index in [0.717, 1.165) is 30.6 Å². The Bertz CT molecular complexity index is 1100. The highest BCUT2D eigenvalue weighted by Gasteiger charge is 2.22. The molecule has 1 aromatic carbocycles. The number of aryl methyl sites for hydroxylation is 3. The van der Waals surface area contributed by atoms with Crippen LogP contribution in [0.2, 0.25) is 0 Å². The number of carbonyl (C=O) groups excluding carboxylic acids is 1. The molecule has 6 nitrogen and oxygen atoms in total. The molecular formula is C23H26O6. The number of ether oxygens (including phenoxy) is 2. The third-order valence-corrected chi connectivity index (χ3v) is 4.96. The molecule has 0 aliphatic rings. The molecule has 29 heavy (non-hydrogen) atoms. The van der Waals surface area contributed by atoms with Gasteiger partial charge in [-0.1, -0.05) is 20.3 Å². The van der Waals surface area contributed by atoms with Gasteiger partial charge in [0.25, 0.3) is 0 Å². The number of hydrogen-bond donors (Lipinski definition) is 0. The van der Waals surface area contributed by atoms with Crippen molar-refractivity contribution in [2.75, 3.05) is 13.7 Å². The number of benzene rings is 1. The first-order valence-electron chi connectivity index (χ1n) is 9.83. The second kappa shape index (κ2) is 8.55. The number of carbonyl (C=O) groups is 1. The Morgan fingerprint density at radius 2 is 1.83 bits per heavy atom. The van der Waals surface area contributed by atoms with E-state index < -0.39 is 5.97 Å². The lowest BCUT2D eigenvalue weighted by atomic mass is 10.0. The average molecular weight is 398 g/mol. The molecule has 3 rings (SSSR count). The molecule has 0 N–H and O–H groups in total. The molecule has 2 heterocycles. The predicted octanol–water partition coefficient (Wildman–Crippen LogP) is 5.20. The number of unbranched alkanes of at least 4 members (excludes halogenated alkanes) is 1. The normalized spacial score (nSPS) is 11.1. The zero-order valence-electron chi connectivity index (χ0n) is 17.5. The van der Waals surface area contributed by atoms with Crippen LogP contribution in [0.3, 0.4) is 0 Å². The number of methoxy groups -OCH3 is 1. The van der Waals surface area contributed by atoms with Crippen molar-refractivity contribution < 1.29 is 23.1 Å². The second-order valence-corrected chi connectivity index (χ2v) is 6.95. The lowest BCUT2D eigenvalue weighted by molar-refractivity contribution is 0.0563. The average Bonchev–Trinajstić information content (AvgIpc) is 3.08. The van der Waals surface area contributed by atoms with Crippen LogP contribution in [-0.2, 0) is 11.2 Å². The standard InChI is InChI=1S/C23H26O6/c1-6-8-9-27-18-12-19-17(10-15(18)7-2)22(24)21(14(4)29-19)16-11-20(23(25)26-5)28-13(16)3/h10-12H,6-9H2,1-5H3. The Morgan fingerprint density at radius 3 is 2.48 bits per heavy atom. The first kappa shape index (κ1) is 20.7. The Morgan fingerprint density at radius 1 is 1.07 bits per heavy atom.